The smallest absolute Gasteiger partial charge is 0.351 e. The second-order valence-corrected chi connectivity index (χ2v) is 6.35. The first kappa shape index (κ1) is 22.5. The van der Waals surface area contributed by atoms with Crippen molar-refractivity contribution in [2.24, 2.45) is 22.2 Å². The Balaban J connectivity index is 1.89. The third-order valence-electron chi connectivity index (χ3n) is 4.22. The Morgan fingerprint density at radius 2 is 2.14 bits per heavy atom. The fourth-order valence-corrected chi connectivity index (χ4v) is 2.67. The number of hydrogen-bond donors (Lipinski definition) is 7. The largest absolute Gasteiger partial charge is 0.462 e. The monoisotopic (exact) mass is 415 g/mol. The lowest BCUT2D eigenvalue weighted by Gasteiger charge is -2.17. The molecule has 1 aromatic heterocycles. The minimum Gasteiger partial charge on any atom is -0.462 e. The topological polar surface area (TPSA) is 234 Å². The minimum atomic E-state index is -1.47. The highest BCUT2D eigenvalue weighted by molar-refractivity contribution is 5.76. The molecule has 0 aliphatic carbocycles. The van der Waals surface area contributed by atoms with Crippen molar-refractivity contribution in [3.05, 3.63) is 22.7 Å². The molecule has 0 saturated carbocycles. The van der Waals surface area contributed by atoms with E-state index < -0.39 is 42.2 Å². The molecule has 162 valence electrons. The van der Waals surface area contributed by atoms with Crippen LogP contribution in [0.2, 0.25) is 0 Å². The average Bonchev–Trinajstić information content (AvgIpc) is 2.97. The van der Waals surface area contributed by atoms with E-state index in [0.29, 0.717) is 13.0 Å². The third kappa shape index (κ3) is 5.85. The third-order valence-corrected chi connectivity index (χ3v) is 4.22. The summed E-state index contributed by atoms with van der Waals surface area (Å²) in [6.45, 7) is -0.0668. The van der Waals surface area contributed by atoms with Gasteiger partial charge in [-0.1, -0.05) is 0 Å². The van der Waals surface area contributed by atoms with Crippen LogP contribution in [-0.4, -0.2) is 74.4 Å². The summed E-state index contributed by atoms with van der Waals surface area (Å²) in [7, 11) is 0. The van der Waals surface area contributed by atoms with E-state index in [2.05, 4.69) is 9.98 Å². The molecule has 1 aromatic rings. The van der Waals surface area contributed by atoms with Crippen LogP contribution < -0.4 is 28.4 Å². The lowest BCUT2D eigenvalue weighted by Crippen LogP contribution is -2.38. The summed E-state index contributed by atoms with van der Waals surface area (Å²) in [6.07, 6.45) is -3.28. The zero-order chi connectivity index (χ0) is 21.6. The van der Waals surface area contributed by atoms with Gasteiger partial charge in [-0.3, -0.25) is 25.0 Å². The number of ether oxygens (including phenoxy) is 2. The van der Waals surface area contributed by atoms with E-state index in [1.807, 2.05) is 0 Å². The van der Waals surface area contributed by atoms with Crippen molar-refractivity contribution < 1.29 is 29.7 Å². The Morgan fingerprint density at radius 1 is 1.41 bits per heavy atom. The highest BCUT2D eigenvalue weighted by Gasteiger charge is 2.44. The maximum absolute atomic E-state index is 12.0. The molecule has 1 aliphatic rings. The van der Waals surface area contributed by atoms with Gasteiger partial charge in [0.15, 0.2) is 18.0 Å². The van der Waals surface area contributed by atoms with Crippen LogP contribution in [-0.2, 0) is 14.3 Å². The molecule has 0 spiro atoms. The van der Waals surface area contributed by atoms with Gasteiger partial charge in [0.2, 0.25) is 0 Å². The van der Waals surface area contributed by atoms with E-state index in [9.17, 15) is 19.8 Å². The summed E-state index contributed by atoms with van der Waals surface area (Å²) < 4.78 is 11.4. The molecule has 14 nitrogen and oxygen atoms in total. The molecule has 0 radical (unpaired) electrons. The van der Waals surface area contributed by atoms with Gasteiger partial charge < -0.3 is 36.9 Å². The minimum absolute atomic E-state index is 0.0572. The van der Waals surface area contributed by atoms with Crippen molar-refractivity contribution in [1.82, 2.24) is 9.55 Å². The number of aliphatic imine (C=N–C) groups is 1. The zero-order valence-electron chi connectivity index (χ0n) is 15.4. The van der Waals surface area contributed by atoms with Crippen molar-refractivity contribution in [1.29, 1.82) is 0 Å². The van der Waals surface area contributed by atoms with Crippen LogP contribution in [0.1, 0.15) is 19.1 Å². The van der Waals surface area contributed by atoms with Crippen LogP contribution in [0.3, 0.4) is 0 Å². The van der Waals surface area contributed by atoms with Crippen molar-refractivity contribution >= 4 is 17.7 Å². The van der Waals surface area contributed by atoms with Crippen LogP contribution in [0.25, 0.3) is 0 Å². The number of nitrogens with two attached hydrogens (primary N) is 3. The molecule has 10 N–H and O–H groups in total. The Kier molecular flexibility index (Phi) is 7.86. The summed E-state index contributed by atoms with van der Waals surface area (Å²) in [5, 5.41) is 29.1. The lowest BCUT2D eigenvalue weighted by molar-refractivity contribution is -0.151. The number of rotatable bonds is 9. The molecule has 14 heteroatoms. The molecule has 2 rings (SSSR count). The fourth-order valence-electron chi connectivity index (χ4n) is 2.67. The van der Waals surface area contributed by atoms with Crippen LogP contribution in [0.15, 0.2) is 22.1 Å². The van der Waals surface area contributed by atoms with Crippen LogP contribution in [0.4, 0.5) is 5.82 Å². The quantitative estimate of drug-likeness (QED) is 0.0687. The molecule has 0 aromatic carbocycles. The summed E-state index contributed by atoms with van der Waals surface area (Å²) in [5.41, 5.74) is 17.0. The van der Waals surface area contributed by atoms with Gasteiger partial charge in [0.1, 0.15) is 31.0 Å². The van der Waals surface area contributed by atoms with Crippen molar-refractivity contribution in [3.8, 4) is 0 Å². The molecule has 1 fully saturated rings. The van der Waals surface area contributed by atoms with E-state index in [0.717, 1.165) is 4.57 Å². The van der Waals surface area contributed by atoms with Gasteiger partial charge >= 0.3 is 11.7 Å². The Morgan fingerprint density at radius 3 is 2.76 bits per heavy atom. The first-order valence-electron chi connectivity index (χ1n) is 8.73. The molecule has 5 atom stereocenters. The number of nitrogens with zero attached hydrogens (tertiary/aromatic N) is 3. The lowest BCUT2D eigenvalue weighted by atomic mass is 10.1. The zero-order valence-corrected chi connectivity index (χ0v) is 15.4. The molecule has 2 heterocycles. The number of aromatic nitrogens is 2. The van der Waals surface area contributed by atoms with Gasteiger partial charge in [-0.05, 0) is 18.9 Å². The molecule has 29 heavy (non-hydrogen) atoms. The Bertz CT molecular complexity index is 783. The summed E-state index contributed by atoms with van der Waals surface area (Å²) in [5.74, 6) is -0.877. The van der Waals surface area contributed by atoms with Crippen LogP contribution in [0.5, 0.6) is 0 Å². The normalized spacial score (nSPS) is 24.7. The number of carbonyl (C=O) groups excluding carboxylic acids is 1. The van der Waals surface area contributed by atoms with E-state index >= 15 is 0 Å². The predicted molar refractivity (Wildman–Crippen MR) is 98.7 cm³/mol. The van der Waals surface area contributed by atoms with Crippen molar-refractivity contribution in [2.75, 3.05) is 18.6 Å². The van der Waals surface area contributed by atoms with Crippen molar-refractivity contribution in [2.45, 2.75) is 43.4 Å². The molecule has 0 unspecified atom stereocenters. The van der Waals surface area contributed by atoms with Crippen LogP contribution in [0, 0.1) is 0 Å². The van der Waals surface area contributed by atoms with Gasteiger partial charge in [-0.25, -0.2) is 4.79 Å². The number of nitrogens with one attached hydrogen (secondary N) is 1. The number of carbonyl (C=O) groups is 1. The maximum Gasteiger partial charge on any atom is 0.351 e. The van der Waals surface area contributed by atoms with Gasteiger partial charge in [0.05, 0.1) is 0 Å². The fraction of sp³-hybridized carbons (Fsp3) is 0.600. The molecule has 1 aliphatic heterocycles. The number of aliphatic hydroxyl groups excluding tert-OH is 2. The number of esters is 1. The number of anilines is 1. The molecule has 0 bridgehead atoms. The molecule has 0 amide bonds. The summed E-state index contributed by atoms with van der Waals surface area (Å²) in [6, 6.07) is 0.340. The highest BCUT2D eigenvalue weighted by atomic mass is 16.6. The first-order valence-corrected chi connectivity index (χ1v) is 8.73. The van der Waals surface area contributed by atoms with Gasteiger partial charge in [-0.15, -0.1) is 0 Å². The molecular weight excluding hydrogens is 390 g/mol. The Hall–Kier alpha value is -2.78. The van der Waals surface area contributed by atoms with E-state index in [-0.39, 0.29) is 24.8 Å². The van der Waals surface area contributed by atoms with Gasteiger partial charge in [0.25, 0.3) is 0 Å². The number of aliphatic hydroxyl groups is 2. The second kappa shape index (κ2) is 10.1. The number of guanidine groups is 1. The Labute approximate surface area is 164 Å². The predicted octanol–water partition coefficient (Wildman–Crippen LogP) is -3.41. The number of hydrogen-bond acceptors (Lipinski definition) is 11. The second-order valence-electron chi connectivity index (χ2n) is 6.35. The van der Waals surface area contributed by atoms with Gasteiger partial charge in [-0.2, -0.15) is 4.98 Å². The molecule has 1 saturated heterocycles. The van der Waals surface area contributed by atoms with E-state index in [1.54, 1.807) is 5.48 Å². The SMILES string of the molecule is NC(N)=NCCC[C@@H](N)C(=O)OC[C@H]1O[C@@H](n2ccc(NO)nc2=O)[C@H](O)[C@@H]1O. The summed E-state index contributed by atoms with van der Waals surface area (Å²) >= 11 is 0. The van der Waals surface area contributed by atoms with Crippen molar-refractivity contribution in [3.63, 3.8) is 0 Å². The average molecular weight is 415 g/mol. The molecular formula is C15H25N7O7. The summed E-state index contributed by atoms with van der Waals surface area (Å²) in [4.78, 5) is 31.2. The van der Waals surface area contributed by atoms with Crippen LogP contribution >= 0.6 is 0 Å². The standard InChI is InChI=1S/C15H25N7O7/c16-7(2-1-4-19-14(17)18)13(25)28-6-8-10(23)11(24)12(29-8)22-5-3-9(21-27)20-15(22)26/h3,5,7-8,10-12,23-24,27H,1-2,4,6,16H2,(H4,17,18,19)(H,20,21,26)/t7-,8-,10-,11-,12-/m1/s1. The first-order chi connectivity index (χ1) is 13.7. The maximum atomic E-state index is 12.0. The van der Waals surface area contributed by atoms with E-state index in [1.165, 1.54) is 12.3 Å². The highest BCUT2D eigenvalue weighted by Crippen LogP contribution is 2.28. The van der Waals surface area contributed by atoms with Gasteiger partial charge in [0, 0.05) is 12.7 Å². The van der Waals surface area contributed by atoms with E-state index in [4.69, 9.17) is 31.9 Å².